The molecule has 1 saturated heterocycles. The first-order valence-corrected chi connectivity index (χ1v) is 9.34. The van der Waals surface area contributed by atoms with Crippen molar-refractivity contribution in [1.82, 2.24) is 10.0 Å². The first-order valence-electron chi connectivity index (χ1n) is 7.85. The molecule has 1 aromatic heterocycles. The SMILES string of the molecule is CCOC(=O)c1oc2ccc(S(=O)(=O)NC3CCNC3)cc2c1C. The third-order valence-corrected chi connectivity index (χ3v) is 5.58. The van der Waals surface area contributed by atoms with Crippen molar-refractivity contribution in [3.8, 4) is 0 Å². The molecule has 130 valence electrons. The van der Waals surface area contributed by atoms with Crippen molar-refractivity contribution in [2.45, 2.75) is 31.2 Å². The van der Waals surface area contributed by atoms with E-state index in [1.807, 2.05) is 0 Å². The summed E-state index contributed by atoms with van der Waals surface area (Å²) < 4.78 is 38.2. The van der Waals surface area contributed by atoms with Crippen LogP contribution in [0, 0.1) is 6.92 Å². The van der Waals surface area contributed by atoms with Crippen molar-refractivity contribution < 1.29 is 22.4 Å². The summed E-state index contributed by atoms with van der Waals surface area (Å²) in [5, 5.41) is 3.71. The van der Waals surface area contributed by atoms with Crippen LogP contribution in [0.1, 0.15) is 29.5 Å². The summed E-state index contributed by atoms with van der Waals surface area (Å²) in [6.07, 6.45) is 0.763. The molecule has 1 atom stereocenters. The van der Waals surface area contributed by atoms with Crippen molar-refractivity contribution in [3.63, 3.8) is 0 Å². The molecule has 2 N–H and O–H groups in total. The molecule has 2 heterocycles. The number of benzene rings is 1. The summed E-state index contributed by atoms with van der Waals surface area (Å²) in [5.41, 5.74) is 1.03. The summed E-state index contributed by atoms with van der Waals surface area (Å²) in [5.74, 6) is -0.444. The molecule has 8 heteroatoms. The normalized spacial score (nSPS) is 18.2. The van der Waals surface area contributed by atoms with Crippen LogP contribution >= 0.6 is 0 Å². The third-order valence-electron chi connectivity index (χ3n) is 4.06. The summed E-state index contributed by atoms with van der Waals surface area (Å²) in [7, 11) is -3.62. The number of aryl methyl sites for hydroxylation is 1. The van der Waals surface area contributed by atoms with E-state index in [9.17, 15) is 13.2 Å². The molecule has 1 aliphatic heterocycles. The molecule has 0 saturated carbocycles. The Bertz CT molecular complexity index is 866. The average molecular weight is 352 g/mol. The molecule has 1 aliphatic rings. The minimum atomic E-state index is -3.62. The van der Waals surface area contributed by atoms with Crippen molar-refractivity contribution in [2.24, 2.45) is 0 Å². The average Bonchev–Trinajstić information content (AvgIpc) is 3.15. The number of esters is 1. The Labute approximate surface area is 140 Å². The van der Waals surface area contributed by atoms with E-state index in [1.165, 1.54) is 12.1 Å². The predicted molar refractivity (Wildman–Crippen MR) is 88.5 cm³/mol. The summed E-state index contributed by atoms with van der Waals surface area (Å²) in [6, 6.07) is 4.46. The molecule has 1 unspecified atom stereocenters. The van der Waals surface area contributed by atoms with Gasteiger partial charge in [0.05, 0.1) is 11.5 Å². The Morgan fingerprint density at radius 1 is 1.46 bits per heavy atom. The molecule has 24 heavy (non-hydrogen) atoms. The third kappa shape index (κ3) is 3.17. The van der Waals surface area contributed by atoms with E-state index in [-0.39, 0.29) is 23.3 Å². The van der Waals surface area contributed by atoms with E-state index in [4.69, 9.17) is 9.15 Å². The molecule has 0 radical (unpaired) electrons. The van der Waals surface area contributed by atoms with Crippen molar-refractivity contribution in [2.75, 3.05) is 19.7 Å². The first kappa shape index (κ1) is 16.9. The molecular weight excluding hydrogens is 332 g/mol. The highest BCUT2D eigenvalue weighted by atomic mass is 32.2. The standard InChI is InChI=1S/C16H20N2O5S/c1-3-22-16(19)15-10(2)13-8-12(4-5-14(13)23-15)24(20,21)18-11-6-7-17-9-11/h4-5,8,11,17-18H,3,6-7,9H2,1-2H3. The number of nitrogens with one attached hydrogen (secondary N) is 2. The topological polar surface area (TPSA) is 97.6 Å². The van der Waals surface area contributed by atoms with Gasteiger partial charge < -0.3 is 14.5 Å². The van der Waals surface area contributed by atoms with Gasteiger partial charge in [0.1, 0.15) is 5.58 Å². The molecular formula is C16H20N2O5S. The number of ether oxygens (including phenoxy) is 1. The molecule has 1 aromatic carbocycles. The smallest absolute Gasteiger partial charge is 0.374 e. The number of fused-ring (bicyclic) bond motifs is 1. The Morgan fingerprint density at radius 3 is 2.92 bits per heavy atom. The van der Waals surface area contributed by atoms with Crippen molar-refractivity contribution >= 4 is 27.0 Å². The quantitative estimate of drug-likeness (QED) is 0.793. The summed E-state index contributed by atoms with van der Waals surface area (Å²) in [4.78, 5) is 12.0. The van der Waals surface area contributed by atoms with E-state index in [0.717, 1.165) is 13.0 Å². The van der Waals surface area contributed by atoms with Gasteiger partial charge in [0.25, 0.3) is 0 Å². The van der Waals surface area contributed by atoms with Gasteiger partial charge >= 0.3 is 5.97 Å². The van der Waals surface area contributed by atoms with E-state index in [0.29, 0.717) is 23.1 Å². The van der Waals surface area contributed by atoms with Gasteiger partial charge in [0.2, 0.25) is 15.8 Å². The maximum atomic E-state index is 12.5. The van der Waals surface area contributed by atoms with Crippen LogP contribution in [-0.2, 0) is 14.8 Å². The second-order valence-corrected chi connectivity index (χ2v) is 7.46. The predicted octanol–water partition coefficient (Wildman–Crippen LogP) is 1.56. The Kier molecular flexibility index (Phi) is 4.62. The lowest BCUT2D eigenvalue weighted by Gasteiger charge is -2.12. The second-order valence-electron chi connectivity index (χ2n) is 5.75. The van der Waals surface area contributed by atoms with Crippen LogP contribution in [0.5, 0.6) is 0 Å². The lowest BCUT2D eigenvalue weighted by molar-refractivity contribution is 0.0491. The molecule has 3 rings (SSSR count). The first-order chi connectivity index (χ1) is 11.4. The van der Waals surface area contributed by atoms with Crippen molar-refractivity contribution in [1.29, 1.82) is 0 Å². The molecule has 0 amide bonds. The Morgan fingerprint density at radius 2 is 2.25 bits per heavy atom. The molecule has 7 nitrogen and oxygen atoms in total. The zero-order chi connectivity index (χ0) is 17.3. The van der Waals surface area contributed by atoms with Crippen molar-refractivity contribution in [3.05, 3.63) is 29.5 Å². The highest BCUT2D eigenvalue weighted by molar-refractivity contribution is 7.89. The number of carbonyl (C=O) groups excluding carboxylic acids is 1. The van der Waals surface area contributed by atoms with Crippen LogP contribution in [0.4, 0.5) is 0 Å². The number of sulfonamides is 1. The van der Waals surface area contributed by atoms with Crippen LogP contribution in [0.15, 0.2) is 27.5 Å². The molecule has 1 fully saturated rings. The van der Waals surface area contributed by atoms with Gasteiger partial charge in [0.15, 0.2) is 0 Å². The van der Waals surface area contributed by atoms with E-state index >= 15 is 0 Å². The van der Waals surface area contributed by atoms with Crippen LogP contribution in [-0.4, -0.2) is 40.1 Å². The highest BCUT2D eigenvalue weighted by Crippen LogP contribution is 2.28. The fourth-order valence-electron chi connectivity index (χ4n) is 2.80. The van der Waals surface area contributed by atoms with Gasteiger partial charge in [-0.1, -0.05) is 0 Å². The van der Waals surface area contributed by atoms with Gasteiger partial charge in [-0.2, -0.15) is 0 Å². The molecule has 0 spiro atoms. The zero-order valence-electron chi connectivity index (χ0n) is 13.6. The fourth-order valence-corrected chi connectivity index (χ4v) is 4.10. The van der Waals surface area contributed by atoms with Crippen LogP contribution in [0.2, 0.25) is 0 Å². The summed E-state index contributed by atoms with van der Waals surface area (Å²) in [6.45, 7) is 5.09. The maximum Gasteiger partial charge on any atom is 0.374 e. The van der Waals surface area contributed by atoms with Gasteiger partial charge in [-0.05, 0) is 45.0 Å². The molecule has 0 bridgehead atoms. The number of hydrogen-bond acceptors (Lipinski definition) is 6. The van der Waals surface area contributed by atoms with Gasteiger partial charge in [0, 0.05) is 23.5 Å². The lowest BCUT2D eigenvalue weighted by atomic mass is 10.1. The highest BCUT2D eigenvalue weighted by Gasteiger charge is 2.25. The van der Waals surface area contributed by atoms with Gasteiger partial charge in [-0.3, -0.25) is 0 Å². The number of furan rings is 1. The van der Waals surface area contributed by atoms with Crippen LogP contribution in [0.25, 0.3) is 11.0 Å². The molecule has 2 aromatic rings. The van der Waals surface area contributed by atoms with E-state index in [2.05, 4.69) is 10.0 Å². The minimum Gasteiger partial charge on any atom is -0.460 e. The Balaban J connectivity index is 1.95. The van der Waals surface area contributed by atoms with E-state index in [1.54, 1.807) is 19.9 Å². The monoisotopic (exact) mass is 352 g/mol. The number of carbonyl (C=O) groups is 1. The largest absolute Gasteiger partial charge is 0.460 e. The Hall–Kier alpha value is -1.90. The summed E-state index contributed by atoms with van der Waals surface area (Å²) >= 11 is 0. The zero-order valence-corrected chi connectivity index (χ0v) is 14.4. The van der Waals surface area contributed by atoms with Gasteiger partial charge in [-0.15, -0.1) is 0 Å². The molecule has 0 aliphatic carbocycles. The van der Waals surface area contributed by atoms with Crippen LogP contribution < -0.4 is 10.0 Å². The second kappa shape index (κ2) is 6.54. The fraction of sp³-hybridized carbons (Fsp3) is 0.438. The van der Waals surface area contributed by atoms with E-state index < -0.39 is 16.0 Å². The number of hydrogen-bond donors (Lipinski definition) is 2. The number of rotatable bonds is 5. The van der Waals surface area contributed by atoms with Crippen LogP contribution in [0.3, 0.4) is 0 Å². The lowest BCUT2D eigenvalue weighted by Crippen LogP contribution is -2.36. The maximum absolute atomic E-state index is 12.5. The van der Waals surface area contributed by atoms with Gasteiger partial charge in [-0.25, -0.2) is 17.9 Å². The minimum absolute atomic E-state index is 0.105.